The SMILES string of the molecule is Cc1cc(CNCCOc2ncc(C(F)(F)F)cc2Cl)ccc1-n1cncn1. The van der Waals surface area contributed by atoms with Gasteiger partial charge in [-0.3, -0.25) is 0 Å². The van der Waals surface area contributed by atoms with Gasteiger partial charge in [0.1, 0.15) is 24.3 Å². The number of pyridine rings is 1. The van der Waals surface area contributed by atoms with E-state index in [-0.39, 0.29) is 17.5 Å². The van der Waals surface area contributed by atoms with Gasteiger partial charge in [0.2, 0.25) is 5.88 Å². The third-order valence-electron chi connectivity index (χ3n) is 3.91. The number of hydrogen-bond acceptors (Lipinski definition) is 5. The van der Waals surface area contributed by atoms with Gasteiger partial charge in [-0.15, -0.1) is 0 Å². The van der Waals surface area contributed by atoms with Crippen molar-refractivity contribution in [2.45, 2.75) is 19.6 Å². The molecule has 10 heteroatoms. The van der Waals surface area contributed by atoms with Crippen LogP contribution in [0, 0.1) is 6.92 Å². The highest BCUT2D eigenvalue weighted by molar-refractivity contribution is 6.31. The van der Waals surface area contributed by atoms with Crippen LogP contribution >= 0.6 is 11.6 Å². The smallest absolute Gasteiger partial charge is 0.417 e. The number of nitrogens with zero attached hydrogens (tertiary/aromatic N) is 4. The molecule has 0 radical (unpaired) electrons. The first-order chi connectivity index (χ1) is 13.3. The Kier molecular flexibility index (Phi) is 6.15. The summed E-state index contributed by atoms with van der Waals surface area (Å²) in [6.45, 7) is 3.29. The van der Waals surface area contributed by atoms with Crippen LogP contribution in [0.4, 0.5) is 13.2 Å². The number of nitrogens with one attached hydrogen (secondary N) is 1. The molecule has 0 fully saturated rings. The number of ether oxygens (including phenoxy) is 1. The average Bonchev–Trinajstić information content (AvgIpc) is 3.16. The van der Waals surface area contributed by atoms with Crippen LogP contribution in [0.5, 0.6) is 5.88 Å². The molecule has 0 saturated carbocycles. The van der Waals surface area contributed by atoms with E-state index in [1.807, 2.05) is 25.1 Å². The van der Waals surface area contributed by atoms with Crippen molar-refractivity contribution in [2.24, 2.45) is 0 Å². The Hall–Kier alpha value is -2.65. The van der Waals surface area contributed by atoms with E-state index in [2.05, 4.69) is 20.4 Å². The van der Waals surface area contributed by atoms with Crippen molar-refractivity contribution in [3.05, 3.63) is 64.8 Å². The number of aryl methyl sites for hydroxylation is 1. The number of rotatable bonds is 7. The highest BCUT2D eigenvalue weighted by Crippen LogP contribution is 2.33. The molecule has 0 amide bonds. The second kappa shape index (κ2) is 8.57. The van der Waals surface area contributed by atoms with Crippen LogP contribution in [0.25, 0.3) is 5.69 Å². The first kappa shape index (κ1) is 20.1. The predicted octanol–water partition coefficient (Wildman–Crippen LogP) is 3.81. The quantitative estimate of drug-likeness (QED) is 0.599. The van der Waals surface area contributed by atoms with Crippen molar-refractivity contribution in [3.63, 3.8) is 0 Å². The minimum Gasteiger partial charge on any atom is -0.475 e. The Morgan fingerprint density at radius 3 is 2.71 bits per heavy atom. The van der Waals surface area contributed by atoms with E-state index in [0.29, 0.717) is 19.3 Å². The van der Waals surface area contributed by atoms with E-state index in [1.54, 1.807) is 11.0 Å². The van der Waals surface area contributed by atoms with E-state index < -0.39 is 11.7 Å². The third-order valence-corrected chi connectivity index (χ3v) is 4.18. The van der Waals surface area contributed by atoms with Crippen molar-refractivity contribution >= 4 is 11.6 Å². The number of hydrogen-bond donors (Lipinski definition) is 1. The molecule has 0 saturated heterocycles. The molecule has 2 heterocycles. The summed E-state index contributed by atoms with van der Waals surface area (Å²) in [5.74, 6) is -0.0236. The third kappa shape index (κ3) is 4.99. The molecule has 0 spiro atoms. The largest absolute Gasteiger partial charge is 0.475 e. The van der Waals surface area contributed by atoms with Crippen LogP contribution < -0.4 is 10.1 Å². The van der Waals surface area contributed by atoms with Gasteiger partial charge in [0.05, 0.1) is 11.3 Å². The van der Waals surface area contributed by atoms with Crippen molar-refractivity contribution in [1.82, 2.24) is 25.1 Å². The molecule has 1 aromatic carbocycles. The molecule has 6 nitrogen and oxygen atoms in total. The van der Waals surface area contributed by atoms with Crippen LogP contribution in [-0.4, -0.2) is 32.9 Å². The Balaban J connectivity index is 1.47. The highest BCUT2D eigenvalue weighted by Gasteiger charge is 2.31. The van der Waals surface area contributed by atoms with Crippen LogP contribution in [0.15, 0.2) is 43.1 Å². The van der Waals surface area contributed by atoms with E-state index >= 15 is 0 Å². The van der Waals surface area contributed by atoms with Gasteiger partial charge < -0.3 is 10.1 Å². The number of alkyl halides is 3. The summed E-state index contributed by atoms with van der Waals surface area (Å²) in [6.07, 6.45) is -0.670. The van der Waals surface area contributed by atoms with Crippen LogP contribution in [0.3, 0.4) is 0 Å². The topological polar surface area (TPSA) is 64.9 Å². The van der Waals surface area contributed by atoms with Gasteiger partial charge in [0.25, 0.3) is 0 Å². The Labute approximate surface area is 164 Å². The van der Waals surface area contributed by atoms with Crippen molar-refractivity contribution in [1.29, 1.82) is 0 Å². The molecule has 148 valence electrons. The van der Waals surface area contributed by atoms with Gasteiger partial charge in [-0.1, -0.05) is 23.7 Å². The van der Waals surface area contributed by atoms with Crippen LogP contribution in [-0.2, 0) is 12.7 Å². The average molecular weight is 412 g/mol. The van der Waals surface area contributed by atoms with Crippen LogP contribution in [0.1, 0.15) is 16.7 Å². The fraction of sp³-hybridized carbons (Fsp3) is 0.278. The lowest BCUT2D eigenvalue weighted by atomic mass is 10.1. The number of benzene rings is 1. The Bertz CT molecular complexity index is 931. The molecule has 0 unspecified atom stereocenters. The van der Waals surface area contributed by atoms with E-state index in [0.717, 1.165) is 22.9 Å². The molecule has 1 N–H and O–H groups in total. The maximum Gasteiger partial charge on any atom is 0.417 e. The lowest BCUT2D eigenvalue weighted by molar-refractivity contribution is -0.137. The van der Waals surface area contributed by atoms with Gasteiger partial charge in [-0.2, -0.15) is 18.3 Å². The van der Waals surface area contributed by atoms with Gasteiger partial charge in [-0.05, 0) is 30.2 Å². The molecular weight excluding hydrogens is 395 g/mol. The van der Waals surface area contributed by atoms with Gasteiger partial charge in [0.15, 0.2) is 0 Å². The summed E-state index contributed by atoms with van der Waals surface area (Å²) in [5, 5.41) is 7.14. The monoisotopic (exact) mass is 411 g/mol. The summed E-state index contributed by atoms with van der Waals surface area (Å²) in [4.78, 5) is 7.57. The second-order valence-electron chi connectivity index (χ2n) is 5.99. The van der Waals surface area contributed by atoms with E-state index in [9.17, 15) is 13.2 Å². The fourth-order valence-electron chi connectivity index (χ4n) is 2.56. The highest BCUT2D eigenvalue weighted by atomic mass is 35.5. The first-order valence-corrected chi connectivity index (χ1v) is 8.73. The molecular formula is C18H17ClF3N5O. The minimum atomic E-state index is -4.49. The zero-order valence-electron chi connectivity index (χ0n) is 14.9. The molecule has 0 aliphatic heterocycles. The maximum atomic E-state index is 12.6. The lowest BCUT2D eigenvalue weighted by Crippen LogP contribution is -2.21. The minimum absolute atomic E-state index is 0.0236. The molecule has 0 aliphatic rings. The summed E-state index contributed by atoms with van der Waals surface area (Å²) >= 11 is 5.80. The summed E-state index contributed by atoms with van der Waals surface area (Å²) < 4.78 is 44.8. The van der Waals surface area contributed by atoms with E-state index in [1.165, 1.54) is 6.33 Å². The van der Waals surface area contributed by atoms with Gasteiger partial charge in [0, 0.05) is 19.3 Å². The van der Waals surface area contributed by atoms with E-state index in [4.69, 9.17) is 16.3 Å². The summed E-state index contributed by atoms with van der Waals surface area (Å²) in [5.41, 5.74) is 2.18. The predicted molar refractivity (Wildman–Crippen MR) is 97.5 cm³/mol. The number of aromatic nitrogens is 4. The molecule has 0 bridgehead atoms. The molecule has 28 heavy (non-hydrogen) atoms. The molecule has 2 aromatic heterocycles. The molecule has 0 atom stereocenters. The Morgan fingerprint density at radius 1 is 1.25 bits per heavy atom. The molecule has 3 aromatic rings. The van der Waals surface area contributed by atoms with Crippen molar-refractivity contribution < 1.29 is 17.9 Å². The zero-order chi connectivity index (χ0) is 20.1. The summed E-state index contributed by atoms with van der Waals surface area (Å²) in [6, 6.07) is 6.78. The second-order valence-corrected chi connectivity index (χ2v) is 6.40. The zero-order valence-corrected chi connectivity index (χ0v) is 15.6. The van der Waals surface area contributed by atoms with Gasteiger partial charge >= 0.3 is 6.18 Å². The maximum absolute atomic E-state index is 12.6. The van der Waals surface area contributed by atoms with Crippen LogP contribution in [0.2, 0.25) is 5.02 Å². The van der Waals surface area contributed by atoms with Crippen molar-refractivity contribution in [3.8, 4) is 11.6 Å². The number of halogens is 4. The fourth-order valence-corrected chi connectivity index (χ4v) is 2.78. The lowest BCUT2D eigenvalue weighted by Gasteiger charge is -2.11. The van der Waals surface area contributed by atoms with Crippen molar-refractivity contribution in [2.75, 3.05) is 13.2 Å². The molecule has 3 rings (SSSR count). The molecule has 0 aliphatic carbocycles. The standard InChI is InChI=1S/C18H17ClF3N5O/c1-12-6-13(2-3-16(12)27-11-24-10-26-27)8-23-4-5-28-17-15(19)7-14(9-25-17)18(20,21)22/h2-3,6-7,9-11,23H,4-5,8H2,1H3. The first-order valence-electron chi connectivity index (χ1n) is 8.35. The summed E-state index contributed by atoms with van der Waals surface area (Å²) in [7, 11) is 0. The van der Waals surface area contributed by atoms with Gasteiger partial charge in [-0.25, -0.2) is 14.6 Å². The normalized spacial score (nSPS) is 11.6. The Morgan fingerprint density at radius 2 is 2.07 bits per heavy atom.